The van der Waals surface area contributed by atoms with Crippen molar-refractivity contribution in [3.63, 3.8) is 0 Å². The minimum absolute atomic E-state index is 0.207. The standard InChI is InChI=1S/C15H22O3/c1-3-15(14(16)17-4-2)13(18-15)9-12-8-10-5-6-11(12)7-10/h9-12H,3-8H2,1-2H3. The molecule has 2 aliphatic carbocycles. The van der Waals surface area contributed by atoms with Crippen LogP contribution in [-0.2, 0) is 14.3 Å². The zero-order valence-corrected chi connectivity index (χ0v) is 11.3. The molecule has 3 rings (SSSR count). The summed E-state index contributed by atoms with van der Waals surface area (Å²) in [4.78, 5) is 11.9. The molecule has 0 radical (unpaired) electrons. The number of ether oxygens (including phenoxy) is 2. The van der Waals surface area contributed by atoms with Gasteiger partial charge >= 0.3 is 5.97 Å². The highest BCUT2D eigenvalue weighted by molar-refractivity contribution is 5.87. The van der Waals surface area contributed by atoms with Gasteiger partial charge in [-0.15, -0.1) is 0 Å². The van der Waals surface area contributed by atoms with Crippen LogP contribution in [0.5, 0.6) is 0 Å². The monoisotopic (exact) mass is 250 g/mol. The van der Waals surface area contributed by atoms with E-state index in [1.807, 2.05) is 13.8 Å². The summed E-state index contributed by atoms with van der Waals surface area (Å²) in [7, 11) is 0. The normalized spacial score (nSPS) is 43.0. The molecule has 4 atom stereocenters. The van der Waals surface area contributed by atoms with E-state index in [4.69, 9.17) is 9.47 Å². The lowest BCUT2D eigenvalue weighted by molar-refractivity contribution is -0.149. The lowest BCUT2D eigenvalue weighted by atomic mass is 9.87. The third kappa shape index (κ3) is 1.75. The number of esters is 1. The van der Waals surface area contributed by atoms with Crippen LogP contribution >= 0.6 is 0 Å². The molecule has 3 nitrogen and oxygen atoms in total. The van der Waals surface area contributed by atoms with Crippen LogP contribution in [0.4, 0.5) is 0 Å². The van der Waals surface area contributed by atoms with E-state index in [0.717, 1.165) is 17.6 Å². The summed E-state index contributed by atoms with van der Waals surface area (Å²) < 4.78 is 10.7. The highest BCUT2D eigenvalue weighted by atomic mass is 16.6. The van der Waals surface area contributed by atoms with E-state index in [0.29, 0.717) is 18.9 Å². The lowest BCUT2D eigenvalue weighted by Gasteiger charge is -2.16. The van der Waals surface area contributed by atoms with E-state index in [9.17, 15) is 4.79 Å². The highest BCUT2D eigenvalue weighted by Crippen LogP contribution is 2.52. The molecule has 3 fully saturated rings. The maximum atomic E-state index is 11.9. The summed E-state index contributed by atoms with van der Waals surface area (Å²) >= 11 is 0. The SMILES string of the molecule is CCOC(=O)C1(CC)OC1=CC1CC2CCC1C2. The first-order chi connectivity index (χ1) is 8.69. The zero-order valence-electron chi connectivity index (χ0n) is 11.3. The molecule has 0 amide bonds. The predicted octanol–water partition coefficient (Wildman–Crippen LogP) is 3.05. The summed E-state index contributed by atoms with van der Waals surface area (Å²) in [5, 5.41) is 0. The second-order valence-corrected chi connectivity index (χ2v) is 5.87. The molecule has 0 N–H and O–H groups in total. The van der Waals surface area contributed by atoms with Crippen LogP contribution in [0, 0.1) is 17.8 Å². The van der Waals surface area contributed by atoms with Crippen molar-refractivity contribution in [3.05, 3.63) is 11.8 Å². The van der Waals surface area contributed by atoms with Crippen LogP contribution < -0.4 is 0 Å². The van der Waals surface area contributed by atoms with Crippen molar-refractivity contribution in [2.24, 2.45) is 17.8 Å². The molecule has 2 saturated carbocycles. The summed E-state index contributed by atoms with van der Waals surface area (Å²) in [5.41, 5.74) is -0.724. The van der Waals surface area contributed by atoms with Gasteiger partial charge in [0.2, 0.25) is 0 Å². The Hall–Kier alpha value is -0.990. The average molecular weight is 250 g/mol. The number of allylic oxidation sites excluding steroid dienone is 1. The molecule has 1 saturated heterocycles. The number of hydrogen-bond acceptors (Lipinski definition) is 3. The highest BCUT2D eigenvalue weighted by Gasteiger charge is 2.60. The summed E-state index contributed by atoms with van der Waals surface area (Å²) in [6.07, 6.45) is 8.34. The lowest BCUT2D eigenvalue weighted by Crippen LogP contribution is -2.25. The first-order valence-corrected chi connectivity index (χ1v) is 7.28. The van der Waals surface area contributed by atoms with Crippen molar-refractivity contribution in [3.8, 4) is 0 Å². The van der Waals surface area contributed by atoms with E-state index < -0.39 is 5.60 Å². The predicted molar refractivity (Wildman–Crippen MR) is 67.8 cm³/mol. The Morgan fingerprint density at radius 2 is 2.28 bits per heavy atom. The van der Waals surface area contributed by atoms with E-state index >= 15 is 0 Å². The molecule has 0 aromatic rings. The van der Waals surface area contributed by atoms with Crippen molar-refractivity contribution >= 4 is 5.97 Å². The Labute approximate surface area is 109 Å². The summed E-state index contributed by atoms with van der Waals surface area (Å²) in [6, 6.07) is 0. The average Bonchev–Trinajstić information content (AvgIpc) is 2.71. The zero-order chi connectivity index (χ0) is 12.8. The number of hydrogen-bond donors (Lipinski definition) is 0. The first kappa shape index (κ1) is 12.1. The minimum Gasteiger partial charge on any atom is -0.467 e. The van der Waals surface area contributed by atoms with Gasteiger partial charge in [0, 0.05) is 6.42 Å². The Balaban J connectivity index is 1.69. The van der Waals surface area contributed by atoms with Gasteiger partial charge in [-0.2, -0.15) is 0 Å². The van der Waals surface area contributed by atoms with Crippen molar-refractivity contribution < 1.29 is 14.3 Å². The summed E-state index contributed by atoms with van der Waals surface area (Å²) in [6.45, 7) is 4.24. The summed E-state index contributed by atoms with van der Waals surface area (Å²) in [5.74, 6) is 3.07. The van der Waals surface area contributed by atoms with Gasteiger partial charge in [0.25, 0.3) is 5.60 Å². The van der Waals surface area contributed by atoms with Crippen LogP contribution in [0.25, 0.3) is 0 Å². The molecule has 0 aromatic carbocycles. The van der Waals surface area contributed by atoms with Gasteiger partial charge in [-0.1, -0.05) is 13.3 Å². The maximum Gasteiger partial charge on any atom is 0.358 e. The molecule has 3 aliphatic rings. The van der Waals surface area contributed by atoms with Crippen LogP contribution in [0.3, 0.4) is 0 Å². The molecule has 0 spiro atoms. The van der Waals surface area contributed by atoms with Gasteiger partial charge in [0.05, 0.1) is 6.61 Å². The van der Waals surface area contributed by atoms with Gasteiger partial charge in [0.15, 0.2) is 5.76 Å². The van der Waals surface area contributed by atoms with Crippen molar-refractivity contribution in [2.45, 2.75) is 51.6 Å². The van der Waals surface area contributed by atoms with Gasteiger partial charge in [-0.3, -0.25) is 0 Å². The maximum absolute atomic E-state index is 11.9. The van der Waals surface area contributed by atoms with E-state index in [2.05, 4.69) is 6.08 Å². The number of rotatable bonds is 4. The van der Waals surface area contributed by atoms with E-state index in [1.54, 1.807) is 0 Å². The van der Waals surface area contributed by atoms with Gasteiger partial charge in [-0.25, -0.2) is 4.79 Å². The molecule has 4 unspecified atom stereocenters. The second kappa shape index (κ2) is 4.29. The third-order valence-electron chi connectivity index (χ3n) is 4.90. The van der Waals surface area contributed by atoms with Crippen LogP contribution in [0.15, 0.2) is 11.8 Å². The number of epoxide rings is 1. The fourth-order valence-electron chi connectivity index (χ4n) is 3.80. The molecule has 2 bridgehead atoms. The Kier molecular flexibility index (Phi) is 2.87. The molecule has 3 heteroatoms. The molecule has 100 valence electrons. The fraction of sp³-hybridized carbons (Fsp3) is 0.800. The van der Waals surface area contributed by atoms with Gasteiger partial charge in [-0.05, 0) is 50.0 Å². The second-order valence-electron chi connectivity index (χ2n) is 5.87. The fourth-order valence-corrected chi connectivity index (χ4v) is 3.80. The minimum atomic E-state index is -0.724. The van der Waals surface area contributed by atoms with E-state index in [-0.39, 0.29) is 5.97 Å². The van der Waals surface area contributed by atoms with E-state index in [1.165, 1.54) is 25.7 Å². The van der Waals surface area contributed by atoms with Gasteiger partial charge in [0.1, 0.15) is 0 Å². The third-order valence-corrected chi connectivity index (χ3v) is 4.90. The Morgan fingerprint density at radius 3 is 2.83 bits per heavy atom. The quantitative estimate of drug-likeness (QED) is 0.568. The van der Waals surface area contributed by atoms with Crippen LogP contribution in [0.2, 0.25) is 0 Å². The number of carbonyl (C=O) groups is 1. The largest absolute Gasteiger partial charge is 0.467 e. The Bertz CT molecular complexity index is 387. The van der Waals surface area contributed by atoms with Crippen molar-refractivity contribution in [1.29, 1.82) is 0 Å². The van der Waals surface area contributed by atoms with Gasteiger partial charge < -0.3 is 9.47 Å². The topological polar surface area (TPSA) is 38.8 Å². The number of carbonyl (C=O) groups excluding carboxylic acids is 1. The number of fused-ring (bicyclic) bond motifs is 2. The molecular weight excluding hydrogens is 228 g/mol. The molecular formula is C15H22O3. The molecule has 0 aromatic heterocycles. The molecule has 1 heterocycles. The van der Waals surface area contributed by atoms with Crippen LogP contribution in [0.1, 0.15) is 46.0 Å². The van der Waals surface area contributed by atoms with Crippen molar-refractivity contribution in [1.82, 2.24) is 0 Å². The smallest absolute Gasteiger partial charge is 0.358 e. The molecule has 1 aliphatic heterocycles. The Morgan fingerprint density at radius 1 is 1.44 bits per heavy atom. The van der Waals surface area contributed by atoms with Crippen molar-refractivity contribution in [2.75, 3.05) is 6.61 Å². The first-order valence-electron chi connectivity index (χ1n) is 7.28. The van der Waals surface area contributed by atoms with Crippen LogP contribution in [-0.4, -0.2) is 18.2 Å². The molecule has 18 heavy (non-hydrogen) atoms.